The van der Waals surface area contributed by atoms with Gasteiger partial charge in [-0.2, -0.15) is 18.4 Å². The highest BCUT2D eigenvalue weighted by Gasteiger charge is 2.60. The molecule has 1 aliphatic carbocycles. The summed E-state index contributed by atoms with van der Waals surface area (Å²) >= 11 is 5.56. The predicted molar refractivity (Wildman–Crippen MR) is 133 cm³/mol. The average molecular weight is 542 g/mol. The van der Waals surface area contributed by atoms with E-state index in [9.17, 15) is 27.6 Å². The fraction of sp³-hybridized carbons (Fsp3) is 0.269. The Hall–Kier alpha value is -4.11. The first-order chi connectivity index (χ1) is 18.2. The van der Waals surface area contributed by atoms with Crippen molar-refractivity contribution in [2.75, 3.05) is 16.4 Å². The number of rotatable bonds is 6. The number of halogens is 4. The van der Waals surface area contributed by atoms with E-state index in [4.69, 9.17) is 17.0 Å². The molecule has 1 aliphatic heterocycles. The lowest BCUT2D eigenvalue weighted by Crippen LogP contribution is -2.55. The molecule has 1 amide bonds. The molecule has 0 bridgehead atoms. The van der Waals surface area contributed by atoms with Crippen molar-refractivity contribution in [1.82, 2.24) is 9.97 Å². The molecule has 1 aromatic carbocycles. The summed E-state index contributed by atoms with van der Waals surface area (Å²) in [5.74, 6) is -1.37. The molecular formula is C26H19F4N5O2S. The van der Waals surface area contributed by atoms with Gasteiger partial charge in [0.2, 0.25) is 0 Å². The minimum atomic E-state index is -4.96. The van der Waals surface area contributed by atoms with E-state index in [1.54, 1.807) is 12.3 Å². The number of thiocarbonyl (C=S) groups is 1. The third-order valence-electron chi connectivity index (χ3n) is 6.67. The van der Waals surface area contributed by atoms with Crippen molar-refractivity contribution in [2.45, 2.75) is 37.4 Å². The van der Waals surface area contributed by atoms with E-state index < -0.39 is 40.4 Å². The van der Waals surface area contributed by atoms with Gasteiger partial charge in [0, 0.05) is 36.3 Å². The Morgan fingerprint density at radius 3 is 2.55 bits per heavy atom. The Morgan fingerprint density at radius 1 is 1.13 bits per heavy atom. The SMILES string of the molecule is N#Cc1nccc(N2C(=O)C3(CCC3)N(c3ccc(F)c(OCCc4ccccn4)c3)C2=S)c1C(F)(F)F. The molecule has 2 fully saturated rings. The Bertz CT molecular complexity index is 1450. The highest BCUT2D eigenvalue weighted by atomic mass is 32.1. The van der Waals surface area contributed by atoms with Gasteiger partial charge < -0.3 is 9.64 Å². The summed E-state index contributed by atoms with van der Waals surface area (Å²) in [6.45, 7) is 0.126. The van der Waals surface area contributed by atoms with Gasteiger partial charge in [-0.15, -0.1) is 0 Å². The first kappa shape index (κ1) is 25.5. The maximum Gasteiger partial charge on any atom is 0.421 e. The van der Waals surface area contributed by atoms with Crippen LogP contribution >= 0.6 is 12.2 Å². The molecule has 2 aromatic heterocycles. The van der Waals surface area contributed by atoms with E-state index >= 15 is 0 Å². The molecular weight excluding hydrogens is 522 g/mol. The van der Waals surface area contributed by atoms with Crippen molar-refractivity contribution >= 4 is 34.6 Å². The predicted octanol–water partition coefficient (Wildman–Crippen LogP) is 5.19. The molecule has 0 atom stereocenters. The van der Waals surface area contributed by atoms with Crippen LogP contribution in [-0.2, 0) is 17.4 Å². The summed E-state index contributed by atoms with van der Waals surface area (Å²) < 4.78 is 62.3. The summed E-state index contributed by atoms with van der Waals surface area (Å²) in [6, 6.07) is 11.8. The van der Waals surface area contributed by atoms with E-state index in [0.717, 1.165) is 28.9 Å². The van der Waals surface area contributed by atoms with Gasteiger partial charge in [-0.25, -0.2) is 9.37 Å². The zero-order valence-electron chi connectivity index (χ0n) is 19.7. The molecule has 194 valence electrons. The number of benzene rings is 1. The van der Waals surface area contributed by atoms with Crippen molar-refractivity contribution in [3.8, 4) is 11.8 Å². The van der Waals surface area contributed by atoms with E-state index in [0.29, 0.717) is 31.4 Å². The molecule has 3 aromatic rings. The summed E-state index contributed by atoms with van der Waals surface area (Å²) in [5.41, 5.74) is -2.93. The number of nitriles is 1. The minimum absolute atomic E-state index is 0.0896. The Morgan fingerprint density at radius 2 is 1.92 bits per heavy atom. The molecule has 1 saturated heterocycles. The van der Waals surface area contributed by atoms with Crippen LogP contribution in [-0.4, -0.2) is 33.1 Å². The van der Waals surface area contributed by atoms with E-state index in [1.807, 2.05) is 12.1 Å². The number of aromatic nitrogens is 2. The van der Waals surface area contributed by atoms with Gasteiger partial charge in [-0.3, -0.25) is 14.7 Å². The molecule has 5 rings (SSSR count). The number of nitrogens with zero attached hydrogens (tertiary/aromatic N) is 5. The molecule has 38 heavy (non-hydrogen) atoms. The molecule has 0 radical (unpaired) electrons. The Balaban J connectivity index is 1.50. The van der Waals surface area contributed by atoms with Gasteiger partial charge in [0.1, 0.15) is 17.2 Å². The standard InChI is InChI=1S/C26H19F4N5O2S/c27-18-6-5-17(14-21(18)37-13-8-16-4-1-2-11-32-16)35-24(38)34(23(36)25(35)9-3-10-25)20-7-12-33-19(15-31)22(20)26(28,29)30/h1-2,4-7,11-12,14H,3,8-10,13H2. The first-order valence-corrected chi connectivity index (χ1v) is 12.1. The lowest BCUT2D eigenvalue weighted by Gasteiger charge is -2.43. The number of hydrogen-bond acceptors (Lipinski definition) is 6. The second-order valence-electron chi connectivity index (χ2n) is 8.84. The van der Waals surface area contributed by atoms with Crippen LogP contribution in [0, 0.1) is 17.1 Å². The number of hydrogen-bond donors (Lipinski definition) is 0. The van der Waals surface area contributed by atoms with Gasteiger partial charge in [0.15, 0.2) is 22.4 Å². The molecule has 1 saturated carbocycles. The minimum Gasteiger partial charge on any atom is -0.490 e. The zero-order valence-corrected chi connectivity index (χ0v) is 20.5. The van der Waals surface area contributed by atoms with Crippen molar-refractivity contribution in [2.24, 2.45) is 0 Å². The third kappa shape index (κ3) is 4.22. The summed E-state index contributed by atoms with van der Waals surface area (Å²) in [5, 5.41) is 9.05. The number of carbonyl (C=O) groups excluding carboxylic acids is 1. The summed E-state index contributed by atoms with van der Waals surface area (Å²) in [4.78, 5) is 23.7. The lowest BCUT2D eigenvalue weighted by atomic mass is 9.75. The number of anilines is 2. The topological polar surface area (TPSA) is 82.4 Å². The van der Waals surface area contributed by atoms with E-state index in [-0.39, 0.29) is 17.5 Å². The number of pyridine rings is 2. The van der Waals surface area contributed by atoms with Crippen molar-refractivity contribution in [1.29, 1.82) is 5.26 Å². The molecule has 7 nitrogen and oxygen atoms in total. The van der Waals surface area contributed by atoms with Crippen LogP contribution in [0.15, 0.2) is 54.9 Å². The van der Waals surface area contributed by atoms with Crippen LogP contribution in [0.3, 0.4) is 0 Å². The lowest BCUT2D eigenvalue weighted by molar-refractivity contribution is -0.137. The van der Waals surface area contributed by atoms with Crippen LogP contribution < -0.4 is 14.5 Å². The number of ether oxygens (including phenoxy) is 1. The van der Waals surface area contributed by atoms with Gasteiger partial charge >= 0.3 is 6.18 Å². The van der Waals surface area contributed by atoms with Gasteiger partial charge in [0.05, 0.1) is 12.3 Å². The van der Waals surface area contributed by atoms with Crippen molar-refractivity contribution in [3.05, 3.63) is 77.6 Å². The monoisotopic (exact) mass is 541 g/mol. The van der Waals surface area contributed by atoms with Gasteiger partial charge in [-0.05, 0) is 61.8 Å². The zero-order chi connectivity index (χ0) is 27.1. The molecule has 1 spiro atoms. The second-order valence-corrected chi connectivity index (χ2v) is 9.21. The highest BCUT2D eigenvalue weighted by molar-refractivity contribution is 7.81. The summed E-state index contributed by atoms with van der Waals surface area (Å²) in [7, 11) is 0. The van der Waals surface area contributed by atoms with Crippen molar-refractivity contribution in [3.63, 3.8) is 0 Å². The highest BCUT2D eigenvalue weighted by Crippen LogP contribution is 2.50. The number of amides is 1. The largest absolute Gasteiger partial charge is 0.490 e. The van der Waals surface area contributed by atoms with Crippen molar-refractivity contribution < 1.29 is 27.1 Å². The number of carbonyl (C=O) groups is 1. The van der Waals surface area contributed by atoms with Gasteiger partial charge in [0.25, 0.3) is 5.91 Å². The van der Waals surface area contributed by atoms with Crippen LogP contribution in [0.1, 0.15) is 36.2 Å². The Kier molecular flexibility index (Phi) is 6.48. The van der Waals surface area contributed by atoms with E-state index in [1.165, 1.54) is 23.1 Å². The Labute approximate surface area is 220 Å². The average Bonchev–Trinajstić information content (AvgIpc) is 3.11. The third-order valence-corrected chi connectivity index (χ3v) is 7.03. The maximum atomic E-state index is 14.6. The molecule has 2 aliphatic rings. The normalized spacial score (nSPS) is 16.5. The van der Waals surface area contributed by atoms with Crippen LogP contribution in [0.2, 0.25) is 0 Å². The second kappa shape index (κ2) is 9.64. The van der Waals surface area contributed by atoms with E-state index in [2.05, 4.69) is 9.97 Å². The first-order valence-electron chi connectivity index (χ1n) is 11.6. The smallest absolute Gasteiger partial charge is 0.421 e. The summed E-state index contributed by atoms with van der Waals surface area (Å²) in [6.07, 6.45) is -0.542. The number of alkyl halides is 3. The van der Waals surface area contributed by atoms with Gasteiger partial charge in [-0.1, -0.05) is 6.07 Å². The van der Waals surface area contributed by atoms with Crippen LogP contribution in [0.25, 0.3) is 0 Å². The maximum absolute atomic E-state index is 14.6. The molecule has 0 unspecified atom stereocenters. The molecule has 12 heteroatoms. The quantitative estimate of drug-likeness (QED) is 0.314. The molecule has 3 heterocycles. The fourth-order valence-electron chi connectivity index (χ4n) is 4.75. The van der Waals surface area contributed by atoms with Crippen LogP contribution in [0.5, 0.6) is 5.75 Å². The van der Waals surface area contributed by atoms with Crippen LogP contribution in [0.4, 0.5) is 28.9 Å². The molecule has 0 N–H and O–H groups in total. The fourth-order valence-corrected chi connectivity index (χ4v) is 5.21.